The van der Waals surface area contributed by atoms with E-state index in [9.17, 15) is 44.4 Å². The zero-order valence-electron chi connectivity index (χ0n) is 28.4. The molecule has 0 fully saturated rings. The van der Waals surface area contributed by atoms with Crippen LogP contribution >= 0.6 is 0 Å². The number of hydrogen-bond donors (Lipinski definition) is 5. The number of pyridine rings is 4. The lowest BCUT2D eigenvalue weighted by molar-refractivity contribution is 0.111. The van der Waals surface area contributed by atoms with Crippen LogP contribution in [0.25, 0.3) is 43.6 Å². The first-order valence-electron chi connectivity index (χ1n) is 16.0. The molecule has 0 unspecified atom stereocenters. The van der Waals surface area contributed by atoms with Crippen LogP contribution in [-0.4, -0.2) is 65.5 Å². The molecule has 0 aliphatic heterocycles. The Kier molecular flexibility index (Phi) is 11.7. The summed E-state index contributed by atoms with van der Waals surface area (Å²) in [6.07, 6.45) is 7.00. The van der Waals surface area contributed by atoms with Crippen molar-refractivity contribution in [3.8, 4) is 23.0 Å². The predicted molar refractivity (Wildman–Crippen MR) is 203 cm³/mol. The second-order valence-corrected chi connectivity index (χ2v) is 11.4. The molecule has 8 aromatic rings. The SMILES string of the molecule is Cc1cc(=O)[nH]c2ccc(O)c(C=O)c12.O=Cc1c(O)ccc2cccnc12.O=Cc1c(O)ccc2ncccc12.O=Cc1c(O)cnc2ccccc12. The van der Waals surface area contributed by atoms with Gasteiger partial charge in [0.05, 0.1) is 45.0 Å². The van der Waals surface area contributed by atoms with Crippen molar-refractivity contribution in [3.05, 3.63) is 148 Å². The lowest BCUT2D eigenvalue weighted by Gasteiger charge is -2.05. The van der Waals surface area contributed by atoms with Gasteiger partial charge >= 0.3 is 0 Å². The molecule has 4 aromatic heterocycles. The molecule has 0 saturated carbocycles. The van der Waals surface area contributed by atoms with Gasteiger partial charge < -0.3 is 25.4 Å². The minimum absolute atomic E-state index is 0.00417. The van der Waals surface area contributed by atoms with Crippen molar-refractivity contribution in [3.63, 3.8) is 0 Å². The fourth-order valence-electron chi connectivity index (χ4n) is 5.53. The summed E-state index contributed by atoms with van der Waals surface area (Å²) in [5, 5.41) is 40.3. The van der Waals surface area contributed by atoms with Crippen molar-refractivity contribution in [2.45, 2.75) is 6.92 Å². The molecule has 0 radical (unpaired) electrons. The molecular weight excluding hydrogens is 692 g/mol. The van der Waals surface area contributed by atoms with Crippen molar-refractivity contribution in [1.82, 2.24) is 19.9 Å². The van der Waals surface area contributed by atoms with E-state index < -0.39 is 0 Å². The standard InChI is InChI=1S/C11H9NO3.3C10H7NO2/c1-6-4-10(15)12-8-2-3-9(14)7(5-13)11(6)8;12-6-8-7-2-1-5-11-9(7)3-4-10(8)13;12-6-8-9(13)4-3-7-2-1-5-11-10(7)8;12-6-8-7-3-1-2-4-9(7)11-5-10(8)13/h2-5,14H,1H3,(H,12,15);3*1-6,13H. The molecule has 0 aliphatic carbocycles. The molecule has 5 N–H and O–H groups in total. The molecule has 0 spiro atoms. The Bertz CT molecular complexity index is 2530. The van der Waals surface area contributed by atoms with Crippen molar-refractivity contribution >= 4 is 68.8 Å². The number of nitrogens with one attached hydrogen (secondary N) is 1. The Morgan fingerprint density at radius 1 is 0.556 bits per heavy atom. The van der Waals surface area contributed by atoms with Gasteiger partial charge in [-0.05, 0) is 67.1 Å². The van der Waals surface area contributed by atoms with Crippen LogP contribution in [0.4, 0.5) is 0 Å². The highest BCUT2D eigenvalue weighted by Crippen LogP contribution is 2.27. The third-order valence-corrected chi connectivity index (χ3v) is 8.08. The number of fused-ring (bicyclic) bond motifs is 4. The van der Waals surface area contributed by atoms with E-state index in [2.05, 4.69) is 19.9 Å². The molecule has 268 valence electrons. The van der Waals surface area contributed by atoms with Gasteiger partial charge in [-0.1, -0.05) is 30.3 Å². The van der Waals surface area contributed by atoms with Crippen LogP contribution in [0, 0.1) is 6.92 Å². The normalized spacial score (nSPS) is 10.2. The Balaban J connectivity index is 0.000000139. The van der Waals surface area contributed by atoms with E-state index in [0.717, 1.165) is 5.39 Å². The van der Waals surface area contributed by atoms with Crippen LogP contribution in [0.1, 0.15) is 47.0 Å². The summed E-state index contributed by atoms with van der Waals surface area (Å²) in [5.41, 5.74) is 4.02. The van der Waals surface area contributed by atoms with Gasteiger partial charge in [0.15, 0.2) is 25.1 Å². The monoisotopic (exact) mass is 722 g/mol. The summed E-state index contributed by atoms with van der Waals surface area (Å²) in [7, 11) is 0. The highest BCUT2D eigenvalue weighted by atomic mass is 16.3. The molecule has 0 aliphatic rings. The third-order valence-electron chi connectivity index (χ3n) is 8.08. The number of aromatic hydroxyl groups is 4. The first kappa shape index (κ1) is 37.5. The van der Waals surface area contributed by atoms with Gasteiger partial charge in [0.1, 0.15) is 23.0 Å². The fraction of sp³-hybridized carbons (Fsp3) is 0.0244. The number of para-hydroxylation sites is 1. The quantitative estimate of drug-likeness (QED) is 0.121. The number of phenols is 3. The number of aryl methyl sites for hydroxylation is 1. The number of rotatable bonds is 4. The average molecular weight is 723 g/mol. The third kappa shape index (κ3) is 8.05. The van der Waals surface area contributed by atoms with Crippen LogP contribution in [0.2, 0.25) is 0 Å². The Hall–Kier alpha value is -7.80. The number of aromatic nitrogens is 4. The molecule has 0 amide bonds. The molecule has 13 nitrogen and oxygen atoms in total. The van der Waals surface area contributed by atoms with Gasteiger partial charge in [0, 0.05) is 45.5 Å². The van der Waals surface area contributed by atoms with E-state index in [-0.39, 0.29) is 39.7 Å². The van der Waals surface area contributed by atoms with Crippen LogP contribution in [0.5, 0.6) is 23.0 Å². The Morgan fingerprint density at radius 3 is 1.83 bits per heavy atom. The van der Waals surface area contributed by atoms with Crippen molar-refractivity contribution < 1.29 is 39.6 Å². The molecular formula is C41H30N4O9. The van der Waals surface area contributed by atoms with Gasteiger partial charge in [-0.2, -0.15) is 0 Å². The summed E-state index contributed by atoms with van der Waals surface area (Å²) >= 11 is 0. The number of aromatic amines is 1. The van der Waals surface area contributed by atoms with Crippen LogP contribution in [0.15, 0.2) is 114 Å². The molecule has 0 atom stereocenters. The number of aldehydes is 4. The van der Waals surface area contributed by atoms with Gasteiger partial charge in [0.25, 0.3) is 0 Å². The van der Waals surface area contributed by atoms with E-state index in [1.165, 1.54) is 30.5 Å². The average Bonchev–Trinajstić information content (AvgIpc) is 3.19. The van der Waals surface area contributed by atoms with Crippen molar-refractivity contribution in [2.75, 3.05) is 0 Å². The van der Waals surface area contributed by atoms with Gasteiger partial charge in [-0.15, -0.1) is 0 Å². The summed E-state index contributed by atoms with van der Waals surface area (Å²) in [5.74, 6) is -0.182. The molecule has 4 heterocycles. The zero-order chi connectivity index (χ0) is 38.8. The van der Waals surface area contributed by atoms with Gasteiger partial charge in [-0.25, -0.2) is 0 Å². The fourth-order valence-corrected chi connectivity index (χ4v) is 5.53. The number of H-pyrrole nitrogens is 1. The number of carbonyl (C=O) groups excluding carboxylic acids is 4. The second-order valence-electron chi connectivity index (χ2n) is 11.4. The highest BCUT2D eigenvalue weighted by Gasteiger charge is 2.10. The first-order valence-corrected chi connectivity index (χ1v) is 16.0. The van der Waals surface area contributed by atoms with E-state index in [4.69, 9.17) is 0 Å². The van der Waals surface area contributed by atoms with Crippen molar-refractivity contribution in [2.24, 2.45) is 0 Å². The van der Waals surface area contributed by atoms with E-state index in [1.807, 2.05) is 12.1 Å². The van der Waals surface area contributed by atoms with E-state index in [1.54, 1.807) is 73.9 Å². The molecule has 54 heavy (non-hydrogen) atoms. The smallest absolute Gasteiger partial charge is 0.248 e. The Morgan fingerprint density at radius 2 is 1.11 bits per heavy atom. The van der Waals surface area contributed by atoms with Gasteiger partial charge in [0.2, 0.25) is 5.56 Å². The van der Waals surface area contributed by atoms with Crippen LogP contribution in [0.3, 0.4) is 0 Å². The number of carbonyl (C=O) groups is 4. The maximum atomic E-state index is 11.2. The molecule has 0 saturated heterocycles. The maximum Gasteiger partial charge on any atom is 0.248 e. The lowest BCUT2D eigenvalue weighted by Crippen LogP contribution is -2.05. The highest BCUT2D eigenvalue weighted by molar-refractivity contribution is 6.02. The number of phenolic OH excluding ortho intramolecular Hbond substituents is 3. The lowest BCUT2D eigenvalue weighted by atomic mass is 10.0. The zero-order valence-corrected chi connectivity index (χ0v) is 28.4. The topological polar surface area (TPSA) is 221 Å². The van der Waals surface area contributed by atoms with E-state index >= 15 is 0 Å². The van der Waals surface area contributed by atoms with Crippen LogP contribution < -0.4 is 5.56 Å². The number of hydrogen-bond acceptors (Lipinski definition) is 12. The summed E-state index contributed by atoms with van der Waals surface area (Å²) in [4.78, 5) is 68.6. The van der Waals surface area contributed by atoms with Crippen molar-refractivity contribution in [1.29, 1.82) is 0 Å². The molecule has 0 bridgehead atoms. The minimum atomic E-state index is -0.220. The van der Waals surface area contributed by atoms with Gasteiger partial charge in [-0.3, -0.25) is 38.9 Å². The predicted octanol–water partition coefficient (Wildman–Crippen LogP) is 6.61. The number of nitrogens with zero attached hydrogens (tertiary/aromatic N) is 3. The summed E-state index contributed by atoms with van der Waals surface area (Å²) in [6, 6.07) is 25.0. The molecule has 13 heteroatoms. The first-order chi connectivity index (χ1) is 26.1. The Labute approximate surface area is 305 Å². The van der Waals surface area contributed by atoms with Crippen LogP contribution in [-0.2, 0) is 0 Å². The second kappa shape index (κ2) is 16.9. The summed E-state index contributed by atoms with van der Waals surface area (Å²) in [6.45, 7) is 1.73. The van der Waals surface area contributed by atoms with E-state index in [0.29, 0.717) is 80.1 Å². The largest absolute Gasteiger partial charge is 0.507 e. The maximum absolute atomic E-state index is 11.2. The molecule has 8 rings (SSSR count). The molecule has 4 aromatic carbocycles. The number of benzene rings is 4. The minimum Gasteiger partial charge on any atom is -0.507 e. The summed E-state index contributed by atoms with van der Waals surface area (Å²) < 4.78 is 0.